The molecule has 2 aromatic heterocycles. The van der Waals surface area contributed by atoms with Crippen molar-refractivity contribution in [3.8, 4) is 0 Å². The van der Waals surface area contributed by atoms with Gasteiger partial charge in [0.2, 0.25) is 0 Å². The molecule has 2 aromatic rings. The Kier molecular flexibility index (Phi) is 4.75. The maximum Gasteiger partial charge on any atom is 0.0931 e. The zero-order valence-corrected chi connectivity index (χ0v) is 12.1. The predicted molar refractivity (Wildman–Crippen MR) is 78.1 cm³/mol. The topological polar surface area (TPSA) is 24.9 Å². The molecule has 0 radical (unpaired) electrons. The van der Waals surface area contributed by atoms with E-state index in [1.165, 1.54) is 10.4 Å². The lowest BCUT2D eigenvalue weighted by Gasteiger charge is -2.21. The lowest BCUT2D eigenvalue weighted by Crippen LogP contribution is -2.23. The van der Waals surface area contributed by atoms with E-state index in [4.69, 9.17) is 11.6 Å². The van der Waals surface area contributed by atoms with Crippen LogP contribution >= 0.6 is 22.9 Å². The molecule has 0 aromatic carbocycles. The molecule has 2 rings (SSSR count). The van der Waals surface area contributed by atoms with E-state index in [0.29, 0.717) is 12.1 Å². The van der Waals surface area contributed by atoms with Gasteiger partial charge < -0.3 is 5.32 Å². The van der Waals surface area contributed by atoms with E-state index in [1.807, 2.05) is 18.5 Å². The summed E-state index contributed by atoms with van der Waals surface area (Å²) < 4.78 is 0.843. The van der Waals surface area contributed by atoms with Crippen LogP contribution in [0.4, 0.5) is 0 Å². The summed E-state index contributed by atoms with van der Waals surface area (Å²) >= 11 is 7.61. The second kappa shape index (κ2) is 6.32. The zero-order chi connectivity index (χ0) is 13.0. The summed E-state index contributed by atoms with van der Waals surface area (Å²) in [5, 5.41) is 3.64. The van der Waals surface area contributed by atoms with E-state index < -0.39 is 0 Å². The number of hydrogen-bond donors (Lipinski definition) is 1. The second-order valence-electron chi connectivity index (χ2n) is 4.27. The fraction of sp³-hybridized carbons (Fsp3) is 0.357. The first-order chi connectivity index (χ1) is 8.70. The third-order valence-electron chi connectivity index (χ3n) is 2.99. The lowest BCUT2D eigenvalue weighted by atomic mass is 10.0. The van der Waals surface area contributed by atoms with E-state index >= 15 is 0 Å². The number of aromatic nitrogens is 1. The molecular weight excluding hydrogens is 264 g/mol. The number of rotatable bonds is 5. The molecule has 2 heterocycles. The Hall–Kier alpha value is -0.900. The minimum Gasteiger partial charge on any atom is -0.303 e. The van der Waals surface area contributed by atoms with Crippen molar-refractivity contribution in [2.45, 2.75) is 32.4 Å². The van der Waals surface area contributed by atoms with Crippen molar-refractivity contribution in [3.63, 3.8) is 0 Å². The third kappa shape index (κ3) is 3.31. The van der Waals surface area contributed by atoms with Crippen LogP contribution in [0.15, 0.2) is 36.7 Å². The molecule has 0 amide bonds. The van der Waals surface area contributed by atoms with Gasteiger partial charge in [-0.3, -0.25) is 4.98 Å². The van der Waals surface area contributed by atoms with Crippen LogP contribution in [0.2, 0.25) is 4.34 Å². The van der Waals surface area contributed by atoms with E-state index in [-0.39, 0.29) is 0 Å². The molecule has 2 nitrogen and oxygen atoms in total. The first-order valence-corrected chi connectivity index (χ1v) is 7.31. The maximum absolute atomic E-state index is 5.97. The van der Waals surface area contributed by atoms with Gasteiger partial charge in [0, 0.05) is 29.4 Å². The number of nitrogens with zero attached hydrogens (tertiary/aromatic N) is 1. The van der Waals surface area contributed by atoms with Crippen molar-refractivity contribution < 1.29 is 0 Å². The average Bonchev–Trinajstić information content (AvgIpc) is 2.83. The standard InChI is InChI=1S/C14H17ClN2S/c1-3-12(11-6-8-16-9-7-11)17-10(2)13-4-5-14(15)18-13/h4-10,12,17H,3H2,1-2H3/t10-,12-/m0/s1. The van der Waals surface area contributed by atoms with Crippen molar-refractivity contribution in [2.24, 2.45) is 0 Å². The highest BCUT2D eigenvalue weighted by atomic mass is 35.5. The van der Waals surface area contributed by atoms with E-state index in [2.05, 4.69) is 42.3 Å². The smallest absolute Gasteiger partial charge is 0.0931 e. The molecule has 1 N–H and O–H groups in total. The Bertz CT molecular complexity index is 484. The molecule has 96 valence electrons. The Morgan fingerprint density at radius 1 is 1.28 bits per heavy atom. The van der Waals surface area contributed by atoms with Gasteiger partial charge in [-0.05, 0) is 43.2 Å². The number of nitrogens with one attached hydrogen (secondary N) is 1. The monoisotopic (exact) mass is 280 g/mol. The van der Waals surface area contributed by atoms with Gasteiger partial charge in [-0.15, -0.1) is 11.3 Å². The minimum absolute atomic E-state index is 0.306. The molecule has 18 heavy (non-hydrogen) atoms. The summed E-state index contributed by atoms with van der Waals surface area (Å²) in [5.74, 6) is 0. The zero-order valence-electron chi connectivity index (χ0n) is 10.6. The molecule has 0 spiro atoms. The average molecular weight is 281 g/mol. The number of halogens is 1. The first kappa shape index (κ1) is 13.5. The van der Waals surface area contributed by atoms with Crippen LogP contribution in [0, 0.1) is 0 Å². The molecule has 2 atom stereocenters. The fourth-order valence-corrected chi connectivity index (χ4v) is 3.06. The number of thiophene rings is 1. The Morgan fingerprint density at radius 2 is 2.00 bits per heavy atom. The third-order valence-corrected chi connectivity index (χ3v) is 4.40. The molecule has 0 saturated heterocycles. The highest BCUT2D eigenvalue weighted by Gasteiger charge is 2.14. The second-order valence-corrected chi connectivity index (χ2v) is 6.02. The predicted octanol–water partition coefficient (Wildman–Crippen LogP) is 4.60. The van der Waals surface area contributed by atoms with Crippen LogP contribution in [-0.2, 0) is 0 Å². The van der Waals surface area contributed by atoms with Gasteiger partial charge in [0.1, 0.15) is 0 Å². The minimum atomic E-state index is 0.306. The molecule has 0 unspecified atom stereocenters. The quantitative estimate of drug-likeness (QED) is 0.866. The van der Waals surface area contributed by atoms with Gasteiger partial charge in [0.25, 0.3) is 0 Å². The summed E-state index contributed by atoms with van der Waals surface area (Å²) in [6.07, 6.45) is 4.73. The van der Waals surface area contributed by atoms with E-state index in [1.54, 1.807) is 11.3 Å². The van der Waals surface area contributed by atoms with Crippen LogP contribution in [0.25, 0.3) is 0 Å². The van der Waals surface area contributed by atoms with E-state index in [0.717, 1.165) is 10.8 Å². The van der Waals surface area contributed by atoms with Crippen LogP contribution in [0.5, 0.6) is 0 Å². The lowest BCUT2D eigenvalue weighted by molar-refractivity contribution is 0.460. The molecule has 0 saturated carbocycles. The Balaban J connectivity index is 2.07. The van der Waals surface area contributed by atoms with Gasteiger partial charge >= 0.3 is 0 Å². The Labute approximate surface area is 117 Å². The highest BCUT2D eigenvalue weighted by molar-refractivity contribution is 7.16. The largest absolute Gasteiger partial charge is 0.303 e. The van der Waals surface area contributed by atoms with Crippen molar-refractivity contribution in [3.05, 3.63) is 51.4 Å². The van der Waals surface area contributed by atoms with Gasteiger partial charge in [-0.2, -0.15) is 0 Å². The highest BCUT2D eigenvalue weighted by Crippen LogP contribution is 2.29. The molecule has 0 aliphatic carbocycles. The van der Waals surface area contributed by atoms with Gasteiger partial charge in [-0.1, -0.05) is 18.5 Å². The van der Waals surface area contributed by atoms with Crippen LogP contribution in [-0.4, -0.2) is 4.98 Å². The van der Waals surface area contributed by atoms with Crippen molar-refractivity contribution in [1.29, 1.82) is 0 Å². The van der Waals surface area contributed by atoms with Gasteiger partial charge in [-0.25, -0.2) is 0 Å². The van der Waals surface area contributed by atoms with Crippen molar-refractivity contribution in [2.75, 3.05) is 0 Å². The summed E-state index contributed by atoms with van der Waals surface area (Å²) in [6.45, 7) is 4.36. The molecule has 0 aliphatic rings. The van der Waals surface area contributed by atoms with Crippen LogP contribution in [0.3, 0.4) is 0 Å². The SMILES string of the molecule is CC[C@H](N[C@@H](C)c1ccc(Cl)s1)c1ccncc1. The maximum atomic E-state index is 5.97. The van der Waals surface area contributed by atoms with E-state index in [9.17, 15) is 0 Å². The number of hydrogen-bond acceptors (Lipinski definition) is 3. The molecule has 0 bridgehead atoms. The summed E-state index contributed by atoms with van der Waals surface area (Å²) in [7, 11) is 0. The van der Waals surface area contributed by atoms with Crippen LogP contribution in [0.1, 0.15) is 42.8 Å². The van der Waals surface area contributed by atoms with Crippen molar-refractivity contribution in [1.82, 2.24) is 10.3 Å². The summed E-state index contributed by atoms with van der Waals surface area (Å²) in [4.78, 5) is 5.33. The Morgan fingerprint density at radius 3 is 2.56 bits per heavy atom. The fourth-order valence-electron chi connectivity index (χ4n) is 1.99. The van der Waals surface area contributed by atoms with Crippen LogP contribution < -0.4 is 5.32 Å². The van der Waals surface area contributed by atoms with Gasteiger partial charge in [0.05, 0.1) is 4.34 Å². The normalized spacial score (nSPS) is 14.4. The first-order valence-electron chi connectivity index (χ1n) is 6.12. The molecule has 0 aliphatic heterocycles. The summed E-state index contributed by atoms with van der Waals surface area (Å²) in [5.41, 5.74) is 1.28. The molecular formula is C14H17ClN2S. The van der Waals surface area contributed by atoms with Gasteiger partial charge in [0.15, 0.2) is 0 Å². The number of pyridine rings is 1. The molecule has 4 heteroatoms. The summed E-state index contributed by atoms with van der Waals surface area (Å²) in [6, 6.07) is 8.83. The van der Waals surface area contributed by atoms with Crippen molar-refractivity contribution >= 4 is 22.9 Å². The molecule has 0 fully saturated rings.